The number of nitrogens with one attached hydrogen (secondary N) is 3. The summed E-state index contributed by atoms with van der Waals surface area (Å²) < 4.78 is 9.15. The fourth-order valence-corrected chi connectivity index (χ4v) is 5.64. The summed E-state index contributed by atoms with van der Waals surface area (Å²) in [5.74, 6) is -2.57. The molecule has 1 aliphatic rings. The molecule has 5 atom stereocenters. The number of carbonyl (C=O) groups excluding carboxylic acids is 2. The first-order valence-corrected chi connectivity index (χ1v) is 16.5. The molecule has 0 unspecified atom stereocenters. The number of aliphatic hydroxyl groups is 2. The first-order chi connectivity index (χ1) is 23.9. The number of carboxylic acids is 2. The Bertz CT molecular complexity index is 1730. The number of aliphatic carboxylic acids is 2. The Hall–Kier alpha value is -4.94. The van der Waals surface area contributed by atoms with Crippen molar-refractivity contribution in [1.82, 2.24) is 39.9 Å². The van der Waals surface area contributed by atoms with Crippen molar-refractivity contribution in [2.75, 3.05) is 19.7 Å². The van der Waals surface area contributed by atoms with E-state index in [4.69, 9.17) is 9.72 Å². The number of ether oxygens (including phenoxy) is 1. The van der Waals surface area contributed by atoms with Crippen molar-refractivity contribution in [3.05, 3.63) is 30.2 Å². The molecule has 0 aromatic carbocycles. The first kappa shape index (κ1) is 37.9. The third kappa shape index (κ3) is 9.60. The van der Waals surface area contributed by atoms with Crippen molar-refractivity contribution in [2.45, 2.75) is 96.2 Å². The molecule has 0 saturated carbocycles. The average molecular weight is 700 g/mol. The van der Waals surface area contributed by atoms with Gasteiger partial charge in [0.15, 0.2) is 16.8 Å². The predicted octanol–water partition coefficient (Wildman–Crippen LogP) is 0.549. The van der Waals surface area contributed by atoms with Gasteiger partial charge in [-0.15, -0.1) is 0 Å². The number of nitrogens with zero attached hydrogens (tertiary/aromatic N) is 6. The van der Waals surface area contributed by atoms with Gasteiger partial charge in [-0.3, -0.25) is 23.5 Å². The summed E-state index contributed by atoms with van der Waals surface area (Å²) in [6, 6.07) is -2.10. The molecule has 4 heterocycles. The SMILES string of the molecule is CC(=O)NCCCC[C@H](N=C/C(=C\N[C@@H](CCCCNC(C)=O)C(=O)O)c1nc2c3ncn([C@H]4C[C@H](O)[C@@H](CO)O4)c3ncn2c1C)C(=O)O. The molecule has 0 aliphatic carbocycles. The molecule has 2 amide bonds. The first-order valence-electron chi connectivity index (χ1n) is 16.5. The largest absolute Gasteiger partial charge is 0.480 e. The number of rotatable bonds is 19. The van der Waals surface area contributed by atoms with Crippen LogP contribution in [0, 0.1) is 6.92 Å². The van der Waals surface area contributed by atoms with E-state index in [2.05, 4.69) is 30.9 Å². The van der Waals surface area contributed by atoms with E-state index < -0.39 is 42.5 Å². The minimum Gasteiger partial charge on any atom is -0.480 e. The molecule has 0 radical (unpaired) electrons. The van der Waals surface area contributed by atoms with E-state index in [1.165, 1.54) is 32.6 Å². The van der Waals surface area contributed by atoms with Crippen molar-refractivity contribution < 1.29 is 44.3 Å². The summed E-state index contributed by atoms with van der Waals surface area (Å²) in [7, 11) is 0. The van der Waals surface area contributed by atoms with Crippen molar-refractivity contribution in [3.8, 4) is 0 Å². The van der Waals surface area contributed by atoms with Crippen LogP contribution < -0.4 is 16.0 Å². The number of fused-ring (bicyclic) bond motifs is 3. The van der Waals surface area contributed by atoms with E-state index in [1.807, 2.05) is 0 Å². The normalized spacial score (nSPS) is 19.2. The zero-order chi connectivity index (χ0) is 36.4. The van der Waals surface area contributed by atoms with E-state index in [9.17, 15) is 39.6 Å². The zero-order valence-electron chi connectivity index (χ0n) is 28.3. The number of allylic oxidation sites excluding steroid dienone is 1. The van der Waals surface area contributed by atoms with E-state index in [1.54, 1.807) is 22.2 Å². The number of aromatic nitrogens is 5. The highest BCUT2D eigenvalue weighted by atomic mass is 16.5. The Morgan fingerprint density at radius 1 is 1.00 bits per heavy atom. The van der Waals surface area contributed by atoms with Crippen LogP contribution >= 0.6 is 0 Å². The van der Waals surface area contributed by atoms with Crippen molar-refractivity contribution in [3.63, 3.8) is 0 Å². The van der Waals surface area contributed by atoms with Gasteiger partial charge in [0.25, 0.3) is 0 Å². The maximum atomic E-state index is 12.1. The van der Waals surface area contributed by atoms with Gasteiger partial charge < -0.3 is 41.1 Å². The lowest BCUT2D eigenvalue weighted by Crippen LogP contribution is -2.33. The number of carbonyl (C=O) groups is 4. The molecule has 1 saturated heterocycles. The highest BCUT2D eigenvalue weighted by molar-refractivity contribution is 6.10. The van der Waals surface area contributed by atoms with Gasteiger partial charge in [-0.25, -0.2) is 24.5 Å². The van der Waals surface area contributed by atoms with Gasteiger partial charge in [0, 0.05) is 57.0 Å². The van der Waals surface area contributed by atoms with Crippen LogP contribution in [0.25, 0.3) is 22.4 Å². The van der Waals surface area contributed by atoms with Crippen molar-refractivity contribution in [2.24, 2.45) is 4.99 Å². The van der Waals surface area contributed by atoms with E-state index >= 15 is 0 Å². The summed E-state index contributed by atoms with van der Waals surface area (Å²) in [4.78, 5) is 64.8. The summed E-state index contributed by atoms with van der Waals surface area (Å²) in [5, 5.41) is 47.9. The molecule has 18 nitrogen and oxygen atoms in total. The van der Waals surface area contributed by atoms with Crippen LogP contribution in [0.4, 0.5) is 0 Å². The lowest BCUT2D eigenvalue weighted by Gasteiger charge is -2.14. The number of aliphatic hydroxyl groups excluding tert-OH is 2. The molecule has 0 spiro atoms. The van der Waals surface area contributed by atoms with Crippen LogP contribution in [0.2, 0.25) is 0 Å². The highest BCUT2D eigenvalue weighted by Crippen LogP contribution is 2.32. The molecule has 1 aliphatic heterocycles. The van der Waals surface area contributed by atoms with Crippen molar-refractivity contribution in [1.29, 1.82) is 0 Å². The second kappa shape index (κ2) is 17.6. The number of hydrogen-bond acceptors (Lipinski definition) is 12. The molecule has 3 aromatic heterocycles. The van der Waals surface area contributed by atoms with Crippen LogP contribution in [-0.4, -0.2) is 118 Å². The number of aliphatic imine (C=N–C) groups is 1. The van der Waals surface area contributed by atoms with Crippen LogP contribution in [0.5, 0.6) is 0 Å². The Morgan fingerprint density at radius 3 is 2.28 bits per heavy atom. The minimum atomic E-state index is -1.14. The second-order valence-electron chi connectivity index (χ2n) is 12.2. The monoisotopic (exact) mass is 699 g/mol. The van der Waals surface area contributed by atoms with Gasteiger partial charge in [-0.1, -0.05) is 0 Å². The van der Waals surface area contributed by atoms with Crippen LogP contribution in [-0.2, 0) is 23.9 Å². The second-order valence-corrected chi connectivity index (χ2v) is 12.2. The fourth-order valence-electron chi connectivity index (χ4n) is 5.64. The van der Waals surface area contributed by atoms with Crippen LogP contribution in [0.1, 0.15) is 76.4 Å². The maximum Gasteiger partial charge on any atom is 0.328 e. The van der Waals surface area contributed by atoms with Crippen molar-refractivity contribution >= 4 is 52.4 Å². The van der Waals surface area contributed by atoms with Gasteiger partial charge in [0.05, 0.1) is 24.7 Å². The van der Waals surface area contributed by atoms with Gasteiger partial charge in [0.1, 0.15) is 30.7 Å². The number of aryl methyl sites for hydroxylation is 1. The van der Waals surface area contributed by atoms with Gasteiger partial charge in [-0.05, 0) is 45.4 Å². The quantitative estimate of drug-likeness (QED) is 0.0667. The smallest absolute Gasteiger partial charge is 0.328 e. The molecule has 50 heavy (non-hydrogen) atoms. The lowest BCUT2D eigenvalue weighted by molar-refractivity contribution is -0.140. The van der Waals surface area contributed by atoms with Crippen LogP contribution in [0.3, 0.4) is 0 Å². The topological polar surface area (TPSA) is 255 Å². The minimum absolute atomic E-state index is 0.166. The third-order valence-electron chi connectivity index (χ3n) is 8.38. The number of amides is 2. The Labute approximate surface area is 287 Å². The van der Waals surface area contributed by atoms with E-state index in [0.29, 0.717) is 72.5 Å². The predicted molar refractivity (Wildman–Crippen MR) is 180 cm³/mol. The zero-order valence-corrected chi connectivity index (χ0v) is 28.3. The fraction of sp³-hybridized carbons (Fsp3) is 0.562. The average Bonchev–Trinajstić information content (AvgIpc) is 3.76. The summed E-state index contributed by atoms with van der Waals surface area (Å²) >= 11 is 0. The summed E-state index contributed by atoms with van der Waals surface area (Å²) in [6.45, 7) is 5.09. The molecule has 7 N–H and O–H groups in total. The Morgan fingerprint density at radius 2 is 1.68 bits per heavy atom. The van der Waals surface area contributed by atoms with E-state index in [0.717, 1.165) is 0 Å². The summed E-state index contributed by atoms with van der Waals surface area (Å²) in [6.07, 6.45) is 6.52. The number of unbranched alkanes of at least 4 members (excludes halogenated alkanes) is 2. The number of hydrogen-bond donors (Lipinski definition) is 7. The lowest BCUT2D eigenvalue weighted by atomic mass is 10.1. The summed E-state index contributed by atoms with van der Waals surface area (Å²) in [5.41, 5.74) is 2.56. The maximum absolute atomic E-state index is 12.1. The molecule has 3 aromatic rings. The molecule has 0 bridgehead atoms. The molecule has 18 heteroatoms. The number of carboxylic acid groups (broad SMARTS) is 2. The van der Waals surface area contributed by atoms with Crippen LogP contribution in [0.15, 0.2) is 23.8 Å². The molecule has 272 valence electrons. The van der Waals surface area contributed by atoms with Gasteiger partial charge in [0.2, 0.25) is 11.8 Å². The van der Waals surface area contributed by atoms with Gasteiger partial charge >= 0.3 is 11.9 Å². The van der Waals surface area contributed by atoms with Gasteiger partial charge in [-0.2, -0.15) is 0 Å². The highest BCUT2D eigenvalue weighted by Gasteiger charge is 2.35. The molecule has 4 rings (SSSR count). The van der Waals surface area contributed by atoms with E-state index in [-0.39, 0.29) is 37.7 Å². The molecular weight excluding hydrogens is 654 g/mol. The third-order valence-corrected chi connectivity index (χ3v) is 8.38. The Balaban J connectivity index is 1.66. The standard InChI is InChI=1S/C32H45N9O9/c1-18-27(39-30-28-29(38-17-40(18)30)41(16-37-28)26-12-24(45)25(15-42)50-26)21(13-35-22(31(46)47)8-4-6-10-33-19(2)43)14-36-23(32(48)49)9-5-7-11-34-20(3)44/h13-14,16-17,22-26,35,42,45H,4-12,15H2,1-3H3,(H,33,43)(H,34,44)(H,46,47)(H,48,49)/b21-13+,36-14?/t22-,23-,24-,25+,26+/m0/s1. The molecule has 1 fully saturated rings. The number of imidazole rings is 2. The Kier molecular flexibility index (Phi) is 13.4. The molecular formula is C32H45N9O9.